The zero-order valence-corrected chi connectivity index (χ0v) is 26.4. The van der Waals surface area contributed by atoms with E-state index in [4.69, 9.17) is 10.8 Å². The van der Waals surface area contributed by atoms with Gasteiger partial charge in [-0.1, -0.05) is 37.4 Å². The van der Waals surface area contributed by atoms with Crippen molar-refractivity contribution in [2.24, 2.45) is 0 Å². The van der Waals surface area contributed by atoms with Gasteiger partial charge >= 0.3 is 56.6 Å². The third-order valence-electron chi connectivity index (χ3n) is 4.09. The fourth-order valence-electron chi connectivity index (χ4n) is 2.89. The van der Waals surface area contributed by atoms with Gasteiger partial charge in [0.2, 0.25) is 0 Å². The van der Waals surface area contributed by atoms with Crippen LogP contribution in [-0.4, -0.2) is 23.4 Å². The van der Waals surface area contributed by atoms with E-state index in [2.05, 4.69) is 94.1 Å². The van der Waals surface area contributed by atoms with Crippen LogP contribution in [0.3, 0.4) is 0 Å². The molecule has 32 heavy (non-hydrogen) atoms. The van der Waals surface area contributed by atoms with Crippen LogP contribution in [-0.2, 0) is 28.4 Å². The van der Waals surface area contributed by atoms with E-state index >= 15 is 0 Å². The van der Waals surface area contributed by atoms with Crippen molar-refractivity contribution in [1.82, 2.24) is 0 Å². The Morgan fingerprint density at radius 2 is 1.03 bits per heavy atom. The van der Waals surface area contributed by atoms with Gasteiger partial charge < -0.3 is 34.0 Å². The number of halogens is 4. The van der Waals surface area contributed by atoms with E-state index in [9.17, 15) is 0 Å². The Balaban J connectivity index is 0. The molecular formula is C20H22Br4Cu2N4S2. The van der Waals surface area contributed by atoms with Gasteiger partial charge in [-0.25, -0.2) is 20.6 Å². The van der Waals surface area contributed by atoms with E-state index in [0.29, 0.717) is 10.3 Å². The summed E-state index contributed by atoms with van der Waals surface area (Å²) < 4.78 is 0. The summed E-state index contributed by atoms with van der Waals surface area (Å²) in [5, 5.41) is 16.9. The van der Waals surface area contributed by atoms with Gasteiger partial charge in [-0.05, 0) is 47.8 Å². The third-order valence-corrected chi connectivity index (χ3v) is 6.15. The Morgan fingerprint density at radius 3 is 1.34 bits per heavy atom. The SMILES string of the molecule is C=CC[NH+]1C(=N)Sc2ccccc21.C=CC[NH+]1C(=N)Sc2ccccc21.[Br-].[Br-].[Cu][Br].[Cu][Br]. The molecule has 0 bridgehead atoms. The van der Waals surface area contributed by atoms with Crippen molar-refractivity contribution >= 4 is 73.5 Å². The molecule has 2 aromatic rings. The van der Waals surface area contributed by atoms with E-state index in [-0.39, 0.29) is 34.0 Å². The summed E-state index contributed by atoms with van der Waals surface area (Å²) in [5.41, 5.74) is 2.41. The minimum atomic E-state index is 0. The van der Waals surface area contributed by atoms with Crippen molar-refractivity contribution in [3.8, 4) is 0 Å². The van der Waals surface area contributed by atoms with Gasteiger partial charge in [-0.3, -0.25) is 0 Å². The molecule has 0 aromatic heterocycles. The van der Waals surface area contributed by atoms with Crippen molar-refractivity contribution in [3.05, 3.63) is 73.8 Å². The fraction of sp³-hybridized carbons (Fsp3) is 0.100. The van der Waals surface area contributed by atoms with Crippen molar-refractivity contribution in [1.29, 1.82) is 10.8 Å². The maximum absolute atomic E-state index is 7.77. The number of hydrogen-bond acceptors (Lipinski definition) is 4. The molecule has 4 nitrogen and oxygen atoms in total. The molecule has 4 rings (SSSR count). The molecule has 2 unspecified atom stereocenters. The monoisotopic (exact) mass is 824 g/mol. The van der Waals surface area contributed by atoms with E-state index in [1.165, 1.54) is 44.7 Å². The first-order valence-electron chi connectivity index (χ1n) is 8.54. The fourth-order valence-corrected chi connectivity index (χ4v) is 4.86. The Kier molecular flexibility index (Phi) is 22.0. The van der Waals surface area contributed by atoms with Crippen molar-refractivity contribution < 1.29 is 72.2 Å². The van der Waals surface area contributed by atoms with Crippen LogP contribution in [0.2, 0.25) is 0 Å². The first-order valence-corrected chi connectivity index (χ1v) is 14.8. The van der Waals surface area contributed by atoms with Crippen molar-refractivity contribution in [2.45, 2.75) is 9.79 Å². The summed E-state index contributed by atoms with van der Waals surface area (Å²) in [4.78, 5) is 4.61. The molecule has 4 N–H and O–H groups in total. The van der Waals surface area contributed by atoms with Crippen LogP contribution in [0.5, 0.6) is 0 Å². The molecule has 0 amide bonds. The normalized spacial score (nSPS) is 16.7. The number of quaternary nitrogens is 2. The first kappa shape index (κ1) is 35.0. The number of fused-ring (bicyclic) bond motifs is 2. The molecule has 0 radical (unpaired) electrons. The molecular weight excluding hydrogens is 807 g/mol. The minimum absolute atomic E-state index is 0. The molecule has 2 aliphatic heterocycles. The molecule has 2 atom stereocenters. The third kappa shape index (κ3) is 9.83. The van der Waals surface area contributed by atoms with E-state index < -0.39 is 0 Å². The maximum atomic E-state index is 7.77. The van der Waals surface area contributed by atoms with Crippen LogP contribution in [0.1, 0.15) is 0 Å². The standard InChI is InChI=1S/2C10H10N2S.4BrH.2Cu/c2*1-2-7-12-8-5-3-4-6-9(8)13-10(12)11;;;;;;/h2*2-6,11H,1,7H2;4*1H;;/q;;;;;;2*+1/p-2. The predicted octanol–water partition coefficient (Wildman–Crippen LogP) is -1.45. The molecule has 0 fully saturated rings. The molecule has 0 saturated carbocycles. The van der Waals surface area contributed by atoms with Gasteiger partial charge in [-0.15, -0.1) is 0 Å². The summed E-state index contributed by atoms with van der Waals surface area (Å²) in [6.07, 6.45) is 3.71. The van der Waals surface area contributed by atoms with Gasteiger partial charge in [0.25, 0.3) is 10.3 Å². The van der Waals surface area contributed by atoms with Gasteiger partial charge in [0.15, 0.2) is 11.4 Å². The molecule has 184 valence electrons. The Labute approximate surface area is 250 Å². The van der Waals surface area contributed by atoms with Crippen LogP contribution in [0.15, 0.2) is 83.6 Å². The number of nitrogens with one attached hydrogen (secondary N) is 4. The van der Waals surface area contributed by atoms with Crippen LogP contribution in [0.4, 0.5) is 11.4 Å². The number of hydrogen-bond donors (Lipinski definition) is 4. The van der Waals surface area contributed by atoms with Crippen molar-refractivity contribution in [2.75, 3.05) is 13.1 Å². The molecule has 0 aliphatic carbocycles. The average molecular weight is 829 g/mol. The molecule has 2 aromatic carbocycles. The predicted molar refractivity (Wildman–Crippen MR) is 129 cm³/mol. The number of amidine groups is 2. The second kappa shape index (κ2) is 20.1. The van der Waals surface area contributed by atoms with E-state index in [1.807, 2.05) is 36.4 Å². The van der Waals surface area contributed by atoms with Crippen molar-refractivity contribution in [3.63, 3.8) is 0 Å². The zero-order valence-electron chi connectivity index (χ0n) is 16.5. The molecule has 0 saturated heterocycles. The number of rotatable bonds is 4. The zero-order chi connectivity index (χ0) is 22.5. The Morgan fingerprint density at radius 1 is 0.719 bits per heavy atom. The first-order chi connectivity index (χ1) is 14.7. The van der Waals surface area contributed by atoms with Crippen LogP contribution in [0.25, 0.3) is 0 Å². The second-order valence-corrected chi connectivity index (χ2v) is 7.90. The summed E-state index contributed by atoms with van der Waals surface area (Å²) >= 11 is 16.1. The van der Waals surface area contributed by atoms with Crippen LogP contribution in [0, 0.1) is 10.8 Å². The van der Waals surface area contributed by atoms with Crippen LogP contribution >= 0.6 is 51.7 Å². The van der Waals surface area contributed by atoms with E-state index in [1.54, 1.807) is 0 Å². The Hall–Kier alpha value is 0.839. The van der Waals surface area contributed by atoms with Gasteiger partial charge in [0.05, 0.1) is 9.79 Å². The number of para-hydroxylation sites is 2. The van der Waals surface area contributed by atoms with E-state index in [0.717, 1.165) is 22.9 Å². The average Bonchev–Trinajstić information content (AvgIpc) is 3.28. The second-order valence-electron chi connectivity index (χ2n) is 5.80. The topological polar surface area (TPSA) is 56.6 Å². The van der Waals surface area contributed by atoms with Gasteiger partial charge in [0, 0.05) is 12.1 Å². The van der Waals surface area contributed by atoms with Crippen LogP contribution < -0.4 is 43.8 Å². The summed E-state index contributed by atoms with van der Waals surface area (Å²) in [5.74, 6) is 0. The number of benzene rings is 2. The molecule has 12 heteroatoms. The summed E-state index contributed by atoms with van der Waals surface area (Å²) in [7, 11) is 0. The number of thioether (sulfide) groups is 2. The van der Waals surface area contributed by atoms with Gasteiger partial charge in [-0.2, -0.15) is 0 Å². The summed E-state index contributed by atoms with van der Waals surface area (Å²) in [6, 6.07) is 16.3. The molecule has 2 heterocycles. The molecule has 2 aliphatic rings. The quantitative estimate of drug-likeness (QED) is 0.226. The van der Waals surface area contributed by atoms with Gasteiger partial charge in [0.1, 0.15) is 13.1 Å². The molecule has 0 spiro atoms. The Bertz CT molecular complexity index is 819. The summed E-state index contributed by atoms with van der Waals surface area (Å²) in [6.45, 7) is 9.00.